The third-order valence-electron chi connectivity index (χ3n) is 3.49. The molecule has 0 aliphatic heterocycles. The van der Waals surface area contributed by atoms with Gasteiger partial charge in [-0.1, -0.05) is 24.3 Å². The van der Waals surface area contributed by atoms with Crippen LogP contribution in [0.25, 0.3) is 0 Å². The Morgan fingerprint density at radius 2 is 1.78 bits per heavy atom. The van der Waals surface area contributed by atoms with Crippen LogP contribution in [-0.4, -0.2) is 25.7 Å². The molecule has 7 heteroatoms. The van der Waals surface area contributed by atoms with E-state index in [-0.39, 0.29) is 6.61 Å². The Morgan fingerprint density at radius 1 is 1.11 bits per heavy atom. The van der Waals surface area contributed by atoms with Crippen molar-refractivity contribution in [1.29, 1.82) is 0 Å². The first-order chi connectivity index (χ1) is 13.1. The Bertz CT molecular complexity index is 777. The SMILES string of the molecule is C=CCCNP(=O)(OCC(=O)OCC)c1ccc(Oc2ccccc2)cc1. The van der Waals surface area contributed by atoms with Crippen molar-refractivity contribution in [2.75, 3.05) is 19.8 Å². The van der Waals surface area contributed by atoms with Crippen LogP contribution < -0.4 is 15.1 Å². The second kappa shape index (κ2) is 10.7. The molecule has 0 spiro atoms. The van der Waals surface area contributed by atoms with Crippen molar-refractivity contribution >= 4 is 18.8 Å². The molecule has 2 aromatic rings. The van der Waals surface area contributed by atoms with Crippen LogP contribution in [0, 0.1) is 0 Å². The van der Waals surface area contributed by atoms with Crippen LogP contribution in [0.4, 0.5) is 0 Å². The molecule has 27 heavy (non-hydrogen) atoms. The van der Waals surface area contributed by atoms with Crippen LogP contribution in [-0.2, 0) is 18.6 Å². The molecule has 0 fully saturated rings. The van der Waals surface area contributed by atoms with E-state index in [1.165, 1.54) is 0 Å². The fourth-order valence-electron chi connectivity index (χ4n) is 2.21. The molecular formula is C20H24NO5P. The molecule has 0 bridgehead atoms. The summed E-state index contributed by atoms with van der Waals surface area (Å²) >= 11 is 0. The number of rotatable bonds is 11. The zero-order valence-electron chi connectivity index (χ0n) is 15.3. The lowest BCUT2D eigenvalue weighted by atomic mass is 10.3. The van der Waals surface area contributed by atoms with E-state index in [0.29, 0.717) is 29.8 Å². The van der Waals surface area contributed by atoms with Crippen LogP contribution in [0.3, 0.4) is 0 Å². The highest BCUT2D eigenvalue weighted by atomic mass is 31.2. The molecule has 0 amide bonds. The minimum Gasteiger partial charge on any atom is -0.464 e. The van der Waals surface area contributed by atoms with Crippen LogP contribution in [0.1, 0.15) is 13.3 Å². The number of carbonyl (C=O) groups is 1. The Labute approximate surface area is 159 Å². The second-order valence-electron chi connectivity index (χ2n) is 5.52. The number of hydrogen-bond acceptors (Lipinski definition) is 5. The third kappa shape index (κ3) is 6.68. The van der Waals surface area contributed by atoms with Crippen molar-refractivity contribution in [2.24, 2.45) is 0 Å². The van der Waals surface area contributed by atoms with Gasteiger partial charge in [0.2, 0.25) is 0 Å². The monoisotopic (exact) mass is 389 g/mol. The van der Waals surface area contributed by atoms with Gasteiger partial charge in [-0.05, 0) is 49.7 Å². The molecule has 0 radical (unpaired) electrons. The number of hydrogen-bond donors (Lipinski definition) is 1. The van der Waals surface area contributed by atoms with Gasteiger partial charge in [-0.2, -0.15) is 0 Å². The number of esters is 1. The van der Waals surface area contributed by atoms with Crippen molar-refractivity contribution in [3.63, 3.8) is 0 Å². The van der Waals surface area contributed by atoms with Crippen LogP contribution >= 0.6 is 7.52 Å². The molecule has 1 unspecified atom stereocenters. The number of para-hydroxylation sites is 1. The van der Waals surface area contributed by atoms with Gasteiger partial charge in [0, 0.05) is 6.54 Å². The summed E-state index contributed by atoms with van der Waals surface area (Å²) in [5, 5.41) is 3.33. The van der Waals surface area contributed by atoms with E-state index in [4.69, 9.17) is 14.0 Å². The minimum absolute atomic E-state index is 0.238. The van der Waals surface area contributed by atoms with E-state index in [2.05, 4.69) is 11.7 Å². The molecule has 2 rings (SSSR count). The zero-order valence-corrected chi connectivity index (χ0v) is 16.2. The maximum atomic E-state index is 13.3. The summed E-state index contributed by atoms with van der Waals surface area (Å²) in [6.45, 7) is 5.59. The van der Waals surface area contributed by atoms with Crippen molar-refractivity contribution < 1.29 is 23.4 Å². The number of ether oxygens (including phenoxy) is 2. The average Bonchev–Trinajstić information content (AvgIpc) is 2.68. The maximum absolute atomic E-state index is 13.3. The van der Waals surface area contributed by atoms with E-state index >= 15 is 0 Å². The first-order valence-corrected chi connectivity index (χ1v) is 10.3. The van der Waals surface area contributed by atoms with Gasteiger partial charge in [-0.25, -0.2) is 9.88 Å². The summed E-state index contributed by atoms with van der Waals surface area (Å²) in [7, 11) is -3.44. The first-order valence-electron chi connectivity index (χ1n) is 8.67. The average molecular weight is 389 g/mol. The first kappa shape index (κ1) is 20.9. The van der Waals surface area contributed by atoms with E-state index in [9.17, 15) is 9.36 Å². The Balaban J connectivity index is 2.12. The third-order valence-corrected chi connectivity index (χ3v) is 5.60. The normalized spacial score (nSPS) is 12.8. The fourth-order valence-corrected chi connectivity index (χ4v) is 3.88. The van der Waals surface area contributed by atoms with Gasteiger partial charge in [0.05, 0.1) is 11.9 Å². The lowest BCUT2D eigenvalue weighted by Crippen LogP contribution is -2.24. The van der Waals surface area contributed by atoms with Gasteiger partial charge in [0.15, 0.2) is 6.61 Å². The quantitative estimate of drug-likeness (QED) is 0.271. The lowest BCUT2D eigenvalue weighted by Gasteiger charge is -2.19. The predicted molar refractivity (Wildman–Crippen MR) is 106 cm³/mol. The highest BCUT2D eigenvalue weighted by Gasteiger charge is 2.27. The summed E-state index contributed by atoms with van der Waals surface area (Å²) < 4.78 is 29.3. The zero-order chi connectivity index (χ0) is 19.5. The van der Waals surface area contributed by atoms with Crippen molar-refractivity contribution in [3.8, 4) is 11.5 Å². The predicted octanol–water partition coefficient (Wildman–Crippen LogP) is 4.04. The molecule has 6 nitrogen and oxygen atoms in total. The Morgan fingerprint density at radius 3 is 2.41 bits per heavy atom. The van der Waals surface area contributed by atoms with Gasteiger partial charge in [-0.15, -0.1) is 6.58 Å². The standard InChI is InChI=1S/C20H24NO5P/c1-3-5-15-21-27(23,25-16-20(22)24-4-2)19-13-11-18(12-14-19)26-17-9-7-6-8-10-17/h3,6-14H,1,4-5,15-16H2,2H3,(H,21,23). The summed E-state index contributed by atoms with van der Waals surface area (Å²) in [5.41, 5.74) is 0. The molecule has 2 aromatic carbocycles. The Hall–Kier alpha value is -2.40. The van der Waals surface area contributed by atoms with E-state index in [1.807, 2.05) is 30.3 Å². The van der Waals surface area contributed by atoms with Gasteiger partial charge < -0.3 is 14.0 Å². The summed E-state index contributed by atoms with van der Waals surface area (Å²) in [4.78, 5) is 11.6. The molecule has 0 aliphatic carbocycles. The highest BCUT2D eigenvalue weighted by molar-refractivity contribution is 7.65. The molecular weight excluding hydrogens is 365 g/mol. The van der Waals surface area contributed by atoms with Gasteiger partial charge in [-0.3, -0.25) is 4.57 Å². The minimum atomic E-state index is -3.44. The smallest absolute Gasteiger partial charge is 0.332 e. The van der Waals surface area contributed by atoms with Gasteiger partial charge in [0.25, 0.3) is 7.52 Å². The number of carbonyl (C=O) groups excluding carboxylic acids is 1. The second-order valence-corrected chi connectivity index (χ2v) is 7.72. The Kier molecular flexibility index (Phi) is 8.27. The van der Waals surface area contributed by atoms with Gasteiger partial charge in [0.1, 0.15) is 11.5 Å². The molecule has 0 saturated carbocycles. The molecule has 1 atom stereocenters. The largest absolute Gasteiger partial charge is 0.464 e. The van der Waals surface area contributed by atoms with Crippen molar-refractivity contribution in [2.45, 2.75) is 13.3 Å². The van der Waals surface area contributed by atoms with Gasteiger partial charge >= 0.3 is 5.97 Å². The molecule has 0 aliphatic rings. The van der Waals surface area contributed by atoms with Crippen molar-refractivity contribution in [1.82, 2.24) is 5.09 Å². The molecule has 144 valence electrons. The van der Waals surface area contributed by atoms with E-state index in [1.54, 1.807) is 37.3 Å². The number of benzene rings is 2. The molecule has 0 aromatic heterocycles. The highest BCUT2D eigenvalue weighted by Crippen LogP contribution is 2.41. The van der Waals surface area contributed by atoms with E-state index < -0.39 is 20.1 Å². The molecule has 0 heterocycles. The summed E-state index contributed by atoms with van der Waals surface area (Å²) in [5.74, 6) is 0.747. The topological polar surface area (TPSA) is 73.9 Å². The molecule has 1 N–H and O–H groups in total. The fraction of sp³-hybridized carbons (Fsp3) is 0.250. The number of nitrogens with one attached hydrogen (secondary N) is 1. The summed E-state index contributed by atoms with van der Waals surface area (Å²) in [6, 6.07) is 16.1. The van der Waals surface area contributed by atoms with Crippen LogP contribution in [0.2, 0.25) is 0 Å². The van der Waals surface area contributed by atoms with Crippen LogP contribution in [0.15, 0.2) is 67.3 Å². The lowest BCUT2D eigenvalue weighted by molar-refractivity contribution is -0.145. The van der Waals surface area contributed by atoms with E-state index in [0.717, 1.165) is 0 Å². The summed E-state index contributed by atoms with van der Waals surface area (Å²) in [6.07, 6.45) is 2.32. The molecule has 0 saturated heterocycles. The van der Waals surface area contributed by atoms with Crippen LogP contribution in [0.5, 0.6) is 11.5 Å². The maximum Gasteiger partial charge on any atom is 0.332 e. The van der Waals surface area contributed by atoms with Crippen molar-refractivity contribution in [3.05, 3.63) is 67.3 Å².